The molecule has 0 atom stereocenters. The third-order valence-electron chi connectivity index (χ3n) is 18.1. The van der Waals surface area contributed by atoms with Crippen molar-refractivity contribution in [3.05, 3.63) is 167 Å². The summed E-state index contributed by atoms with van der Waals surface area (Å²) in [4.78, 5) is 146. The van der Waals surface area contributed by atoms with Gasteiger partial charge in [-0.1, -0.05) is 127 Å². The van der Waals surface area contributed by atoms with Crippen LogP contribution in [0.2, 0.25) is 0 Å². The zero-order valence-electron chi connectivity index (χ0n) is 58.6. The normalized spacial score (nSPS) is 13.3. The molecule has 0 aromatic heterocycles. The number of amides is 8. The number of fused-ring (bicyclic) bond motifs is 1. The molecule has 0 bridgehead atoms. The van der Waals surface area contributed by atoms with Crippen LogP contribution in [0, 0.1) is 0 Å². The van der Waals surface area contributed by atoms with Gasteiger partial charge in [0.1, 0.15) is 32.0 Å². The van der Waals surface area contributed by atoms with E-state index in [4.69, 9.17) is 31.4 Å². The molecule has 8 rings (SSSR count). The van der Waals surface area contributed by atoms with Gasteiger partial charge >= 0.3 is 0 Å². The van der Waals surface area contributed by atoms with Crippen molar-refractivity contribution >= 4 is 53.0 Å². The minimum Gasteiger partial charge on any atom is -0.454 e. The molecule has 2 aliphatic heterocycles. The van der Waals surface area contributed by atoms with E-state index >= 15 is 24.0 Å². The van der Waals surface area contributed by atoms with E-state index < -0.39 is 80.0 Å². The Bertz CT molecular complexity index is 3400. The van der Waals surface area contributed by atoms with Crippen LogP contribution in [0.3, 0.4) is 0 Å². The largest absolute Gasteiger partial charge is 0.454 e. The summed E-state index contributed by atoms with van der Waals surface area (Å²) >= 11 is 0. The highest BCUT2D eigenvalue weighted by Crippen LogP contribution is 2.34. The van der Waals surface area contributed by atoms with Crippen molar-refractivity contribution in [1.82, 2.24) is 49.4 Å². The van der Waals surface area contributed by atoms with Crippen molar-refractivity contribution in [3.63, 3.8) is 0 Å². The van der Waals surface area contributed by atoms with Gasteiger partial charge in [0.05, 0.1) is 45.9 Å². The molecule has 0 unspecified atom stereocenters. The topological polar surface area (TPSA) is 301 Å². The van der Waals surface area contributed by atoms with E-state index in [9.17, 15) is 19.2 Å². The fraction of sp³-hybridized carbons (Fsp3) is 0.487. The summed E-state index contributed by atoms with van der Waals surface area (Å²) in [5.41, 5.74) is 21.6. The van der Waals surface area contributed by atoms with Crippen molar-refractivity contribution in [1.29, 1.82) is 0 Å². The molecule has 2 heterocycles. The summed E-state index contributed by atoms with van der Waals surface area (Å²) in [6.45, 7) is 3.56. The SMILES string of the molecule is CC(=O)CN(CCCCN)C(=O)CN(Cc1ccccc1)C(=O)CN(Cc1ccccc1)C(=O)CN(CCCCN)C(=O)CN(CCCCN)C(=O)CN(CC(c1ccccc1)c1ccccc1)C(=O)CN(Cc1ccc2c(c1)OCO2)C(=O)CN(C(=O)CNCCN1CCOCC1)C1CC1. The van der Waals surface area contributed by atoms with Gasteiger partial charge in [-0.15, -0.1) is 0 Å². The summed E-state index contributed by atoms with van der Waals surface area (Å²) < 4.78 is 16.9. The number of rotatable bonds is 44. The average molecular weight is 1390 g/mol. The van der Waals surface area contributed by atoms with E-state index in [0.29, 0.717) is 94.0 Å². The molecule has 0 spiro atoms. The van der Waals surface area contributed by atoms with E-state index in [0.717, 1.165) is 49.2 Å². The van der Waals surface area contributed by atoms with Gasteiger partial charge in [-0.3, -0.25) is 48.1 Å². The lowest BCUT2D eigenvalue weighted by molar-refractivity contribution is -0.149. The van der Waals surface area contributed by atoms with Crippen LogP contribution in [0.1, 0.15) is 92.0 Å². The number of benzene rings is 5. The first-order valence-corrected chi connectivity index (χ1v) is 35.5. The minimum atomic E-state index is -0.583. The maximum Gasteiger partial charge on any atom is 0.242 e. The van der Waals surface area contributed by atoms with Gasteiger partial charge in [0.15, 0.2) is 11.5 Å². The van der Waals surface area contributed by atoms with E-state index in [1.807, 2.05) is 121 Å². The number of ketones is 1. The summed E-state index contributed by atoms with van der Waals surface area (Å²) in [7, 11) is 0. The average Bonchev–Trinajstić information content (AvgIpc) is 1.67. The highest BCUT2D eigenvalue weighted by atomic mass is 16.7. The van der Waals surface area contributed by atoms with Gasteiger partial charge in [0.25, 0.3) is 0 Å². The number of morpholine rings is 1. The molecule has 1 saturated heterocycles. The first-order chi connectivity index (χ1) is 49.1. The van der Waals surface area contributed by atoms with E-state index in [1.54, 1.807) is 23.1 Å². The Morgan fingerprint density at radius 3 is 1.33 bits per heavy atom. The van der Waals surface area contributed by atoms with Gasteiger partial charge in [0, 0.05) is 84.0 Å². The number of nitrogens with zero attached hydrogens (tertiary/aromatic N) is 9. The van der Waals surface area contributed by atoms with Gasteiger partial charge < -0.3 is 75.9 Å². The lowest BCUT2D eigenvalue weighted by atomic mass is 9.90. The molecule has 0 radical (unpaired) electrons. The van der Waals surface area contributed by atoms with Crippen molar-refractivity contribution < 1.29 is 57.4 Å². The second-order valence-electron chi connectivity index (χ2n) is 26.1. The van der Waals surface area contributed by atoms with Gasteiger partial charge in [-0.2, -0.15) is 0 Å². The van der Waals surface area contributed by atoms with E-state index in [2.05, 4.69) is 10.2 Å². The molecule has 1 aliphatic carbocycles. The second-order valence-corrected chi connectivity index (χ2v) is 26.1. The predicted molar refractivity (Wildman–Crippen MR) is 383 cm³/mol. The molecule has 5 aromatic carbocycles. The smallest absolute Gasteiger partial charge is 0.242 e. The number of Topliss-reactive ketones (excluding diaryl/α,β-unsaturated/α-hetero) is 1. The van der Waals surface area contributed by atoms with Crippen LogP contribution < -0.4 is 32.0 Å². The van der Waals surface area contributed by atoms with Crippen LogP contribution in [-0.4, -0.2) is 254 Å². The lowest BCUT2D eigenvalue weighted by Gasteiger charge is -2.34. The highest BCUT2D eigenvalue weighted by molar-refractivity contribution is 5.94. The number of nitrogens with one attached hydrogen (secondary N) is 1. The maximum absolute atomic E-state index is 15.7. The van der Waals surface area contributed by atoms with Crippen LogP contribution in [0.5, 0.6) is 11.5 Å². The molecule has 544 valence electrons. The summed E-state index contributed by atoms with van der Waals surface area (Å²) in [5.74, 6) is -3.73. The Morgan fingerprint density at radius 1 is 0.455 bits per heavy atom. The molecule has 1 saturated carbocycles. The summed E-state index contributed by atoms with van der Waals surface area (Å²) in [5, 5.41) is 3.27. The van der Waals surface area contributed by atoms with Crippen molar-refractivity contribution in [2.24, 2.45) is 17.2 Å². The number of carbonyl (C=O) groups is 9. The Hall–Kier alpha value is -9.11. The molecule has 2 fully saturated rings. The molecule has 7 N–H and O–H groups in total. The first-order valence-electron chi connectivity index (χ1n) is 35.5. The Morgan fingerprint density at radius 2 is 0.861 bits per heavy atom. The number of nitrogens with two attached hydrogens (primary N) is 3. The molecular formula is C76H103N13O12. The summed E-state index contributed by atoms with van der Waals surface area (Å²) in [6.07, 6.45) is 4.40. The maximum atomic E-state index is 15.7. The zero-order chi connectivity index (χ0) is 71.7. The standard InChI is InChI=1S/C76H103N13O12/c1-59(90)46-82(36-17-14-32-77)71(93)53-85(47-60-20-6-2-7-21-60)74(96)55-86(48-61-22-8-3-9-23-61)73(95)52-84(38-19-16-34-79)70(92)51-83(37-18-15-33-78)72(94)54-88(50-66(63-24-10-4-11-25-63)64-26-12-5-13-27-64)75(97)56-87(49-62-28-31-67-68(44-62)101-58-100-67)76(98)57-89(65-29-30-65)69(91)45-80-35-39-81-40-42-99-43-41-81/h2-13,20-28,31,44,65-66,80H,14-19,29-30,32-43,45-58,77-79H2,1H3. The first kappa shape index (κ1) is 77.6. The Labute approximate surface area is 594 Å². The molecular weight excluding hydrogens is 1290 g/mol. The predicted octanol–water partition coefficient (Wildman–Crippen LogP) is 3.67. The Balaban J connectivity index is 1.07. The fourth-order valence-corrected chi connectivity index (χ4v) is 12.3. The highest BCUT2D eigenvalue weighted by Gasteiger charge is 2.37. The molecule has 101 heavy (non-hydrogen) atoms. The van der Waals surface area contributed by atoms with E-state index in [-0.39, 0.29) is 103 Å². The van der Waals surface area contributed by atoms with Gasteiger partial charge in [-0.25, -0.2) is 0 Å². The third-order valence-corrected chi connectivity index (χ3v) is 18.1. The van der Waals surface area contributed by atoms with Crippen molar-refractivity contribution in [3.8, 4) is 11.5 Å². The monoisotopic (exact) mass is 1390 g/mol. The number of hydrogen-bond acceptors (Lipinski definition) is 17. The van der Waals surface area contributed by atoms with Crippen LogP contribution in [0.25, 0.3) is 0 Å². The third kappa shape index (κ3) is 25.8. The van der Waals surface area contributed by atoms with E-state index in [1.165, 1.54) is 41.2 Å². The van der Waals surface area contributed by atoms with Gasteiger partial charge in [0.2, 0.25) is 54.1 Å². The van der Waals surface area contributed by atoms with Crippen LogP contribution >= 0.6 is 0 Å². The fourth-order valence-electron chi connectivity index (χ4n) is 12.3. The molecule has 8 amide bonds. The Kier molecular flexibility index (Phi) is 32.0. The number of unbranched alkanes of at least 4 members (excludes halogenated alkanes) is 3. The lowest BCUT2D eigenvalue weighted by Crippen LogP contribution is -2.53. The number of carbonyl (C=O) groups excluding carboxylic acids is 9. The van der Waals surface area contributed by atoms with Crippen molar-refractivity contribution in [2.75, 3.05) is 151 Å². The second kappa shape index (κ2) is 41.6. The molecule has 25 heteroatoms. The minimum absolute atomic E-state index is 0.0167. The van der Waals surface area contributed by atoms with Crippen molar-refractivity contribution in [2.45, 2.75) is 89.9 Å². The van der Waals surface area contributed by atoms with Crippen LogP contribution in [-0.2, 0) is 67.5 Å². The van der Waals surface area contributed by atoms with Crippen LogP contribution in [0.15, 0.2) is 140 Å². The molecule has 25 nitrogen and oxygen atoms in total. The number of hydrogen-bond donors (Lipinski definition) is 4. The quantitative estimate of drug-likeness (QED) is 0.0405. The zero-order valence-corrected chi connectivity index (χ0v) is 58.6. The van der Waals surface area contributed by atoms with Crippen LogP contribution in [0.4, 0.5) is 0 Å². The molecule has 5 aromatic rings. The number of ether oxygens (including phenoxy) is 3. The summed E-state index contributed by atoms with van der Waals surface area (Å²) in [6, 6.07) is 42.5. The molecule has 3 aliphatic rings. The van der Waals surface area contributed by atoms with Gasteiger partial charge in [-0.05, 0) is 118 Å².